The van der Waals surface area contributed by atoms with Crippen molar-refractivity contribution in [2.75, 3.05) is 36.1 Å². The normalized spacial score (nSPS) is 18.9. The zero-order valence-electron chi connectivity index (χ0n) is 22.3. The van der Waals surface area contributed by atoms with Gasteiger partial charge in [0.15, 0.2) is 0 Å². The van der Waals surface area contributed by atoms with Gasteiger partial charge < -0.3 is 21.1 Å². The fourth-order valence-corrected chi connectivity index (χ4v) is 5.35. The Kier molecular flexibility index (Phi) is 8.55. The Labute approximate surface area is 234 Å². The molecule has 8 nitrogen and oxygen atoms in total. The Hall–Kier alpha value is -4.45. The number of para-hydroxylation sites is 2. The number of morpholine rings is 1. The molecule has 2 bridgehead atoms. The highest BCUT2D eigenvalue weighted by Gasteiger charge is 2.38. The lowest BCUT2D eigenvalue weighted by Crippen LogP contribution is -2.37. The molecule has 3 aromatic carbocycles. The molecule has 2 amide bonds. The minimum absolute atomic E-state index is 0.0842. The molecule has 3 atom stereocenters. The summed E-state index contributed by atoms with van der Waals surface area (Å²) in [4.78, 5) is 28.3. The number of nitriles is 1. The third kappa shape index (κ3) is 6.75. The summed E-state index contributed by atoms with van der Waals surface area (Å²) in [6.45, 7) is 2.71. The molecular formula is C32H33N5O3. The highest BCUT2D eigenvalue weighted by atomic mass is 16.5. The summed E-state index contributed by atoms with van der Waals surface area (Å²) in [5.41, 5.74) is 9.94. The Bertz CT molecular complexity index is 1410. The molecule has 0 radical (unpaired) electrons. The van der Waals surface area contributed by atoms with Crippen LogP contribution in [0.25, 0.3) is 6.08 Å². The van der Waals surface area contributed by atoms with E-state index in [-0.39, 0.29) is 17.7 Å². The lowest BCUT2D eigenvalue weighted by molar-refractivity contribution is -0.117. The first-order valence-electron chi connectivity index (χ1n) is 13.6. The van der Waals surface area contributed by atoms with E-state index < -0.39 is 0 Å². The number of hydrogen-bond donors (Lipinski definition) is 3. The Morgan fingerprint density at radius 3 is 2.52 bits per heavy atom. The minimum Gasteiger partial charge on any atom is -0.397 e. The van der Waals surface area contributed by atoms with Gasteiger partial charge in [0.25, 0.3) is 0 Å². The second-order valence-corrected chi connectivity index (χ2v) is 10.3. The molecule has 2 fully saturated rings. The number of nitrogens with two attached hydrogens (primary N) is 1. The van der Waals surface area contributed by atoms with Gasteiger partial charge in [-0.2, -0.15) is 5.26 Å². The lowest BCUT2D eigenvalue weighted by Gasteiger charge is -2.27. The van der Waals surface area contributed by atoms with Crippen LogP contribution in [0, 0.1) is 11.3 Å². The molecule has 8 heteroatoms. The van der Waals surface area contributed by atoms with E-state index in [0.29, 0.717) is 41.2 Å². The van der Waals surface area contributed by atoms with Gasteiger partial charge in [-0.05, 0) is 79.4 Å². The van der Waals surface area contributed by atoms with Crippen LogP contribution >= 0.6 is 0 Å². The van der Waals surface area contributed by atoms with Crippen molar-refractivity contribution in [2.45, 2.75) is 37.3 Å². The van der Waals surface area contributed by atoms with Gasteiger partial charge in [-0.1, -0.05) is 36.4 Å². The summed E-state index contributed by atoms with van der Waals surface area (Å²) in [6.07, 6.45) is 6.24. The summed E-state index contributed by atoms with van der Waals surface area (Å²) in [5.74, 6) is -0.698. The average molecular weight is 536 g/mol. The van der Waals surface area contributed by atoms with Crippen LogP contribution in [-0.4, -0.2) is 48.6 Å². The molecule has 204 valence electrons. The van der Waals surface area contributed by atoms with Crippen molar-refractivity contribution in [2.24, 2.45) is 0 Å². The van der Waals surface area contributed by atoms with Crippen molar-refractivity contribution < 1.29 is 14.3 Å². The van der Waals surface area contributed by atoms with Gasteiger partial charge in [-0.15, -0.1) is 0 Å². The van der Waals surface area contributed by atoms with Crippen LogP contribution in [0.2, 0.25) is 0 Å². The molecule has 0 aromatic heterocycles. The van der Waals surface area contributed by atoms with Gasteiger partial charge in [0.2, 0.25) is 11.8 Å². The first kappa shape index (κ1) is 27.1. The van der Waals surface area contributed by atoms with Gasteiger partial charge >= 0.3 is 0 Å². The van der Waals surface area contributed by atoms with Crippen LogP contribution in [0.5, 0.6) is 0 Å². The summed E-state index contributed by atoms with van der Waals surface area (Å²) < 4.78 is 5.72. The standard InChI is InChI=1S/C32H33N5O3/c33-19-23-9-14-25(15-10-23)35-32(39)28(4-3-17-37-20-27-18-26(37)21-40-27)24-12-7-22(8-13-24)11-16-31(38)36-30-6-2-1-5-29(30)34/h1-2,5-16,26-28H,3-4,17-18,20-21,34H2,(H,35,39)(H,36,38). The monoisotopic (exact) mass is 535 g/mol. The van der Waals surface area contributed by atoms with E-state index in [9.17, 15) is 9.59 Å². The summed E-state index contributed by atoms with van der Waals surface area (Å²) >= 11 is 0. The number of amides is 2. The number of likely N-dealkylation sites (tertiary alicyclic amines) is 1. The van der Waals surface area contributed by atoms with E-state index in [2.05, 4.69) is 21.6 Å². The summed E-state index contributed by atoms with van der Waals surface area (Å²) in [7, 11) is 0. The first-order valence-corrected chi connectivity index (χ1v) is 13.6. The molecule has 0 saturated carbocycles. The van der Waals surface area contributed by atoms with Gasteiger partial charge in [0.1, 0.15) is 0 Å². The molecule has 40 heavy (non-hydrogen) atoms. The molecule has 4 N–H and O–H groups in total. The molecule has 3 aromatic rings. The SMILES string of the molecule is N#Cc1ccc(NC(=O)C(CCCN2CC3CC2CO3)c2ccc(C=CC(=O)Nc3ccccc3N)cc2)cc1. The fourth-order valence-electron chi connectivity index (χ4n) is 5.35. The first-order chi connectivity index (χ1) is 19.5. The zero-order valence-corrected chi connectivity index (χ0v) is 22.3. The van der Waals surface area contributed by atoms with E-state index in [1.807, 2.05) is 36.4 Å². The van der Waals surface area contributed by atoms with Crippen LogP contribution < -0.4 is 16.4 Å². The minimum atomic E-state index is -0.339. The van der Waals surface area contributed by atoms with Gasteiger partial charge in [0.05, 0.1) is 41.6 Å². The van der Waals surface area contributed by atoms with Gasteiger partial charge in [-0.3, -0.25) is 14.5 Å². The number of benzene rings is 3. The van der Waals surface area contributed by atoms with E-state index in [1.165, 1.54) is 6.08 Å². The van der Waals surface area contributed by atoms with E-state index in [0.717, 1.165) is 43.7 Å². The number of carbonyl (C=O) groups is 2. The lowest BCUT2D eigenvalue weighted by atomic mass is 9.92. The van der Waals surface area contributed by atoms with E-state index in [4.69, 9.17) is 15.7 Å². The number of fused-ring (bicyclic) bond motifs is 2. The largest absolute Gasteiger partial charge is 0.397 e. The van der Waals surface area contributed by atoms with Gasteiger partial charge in [-0.25, -0.2) is 0 Å². The number of nitrogens with zero attached hydrogens (tertiary/aromatic N) is 2. The molecule has 2 aliphatic heterocycles. The maximum Gasteiger partial charge on any atom is 0.248 e. The smallest absolute Gasteiger partial charge is 0.248 e. The van der Waals surface area contributed by atoms with Crippen molar-refractivity contribution >= 4 is 35.0 Å². The Balaban J connectivity index is 1.24. The fraction of sp³-hybridized carbons (Fsp3) is 0.281. The van der Waals surface area contributed by atoms with E-state index >= 15 is 0 Å². The van der Waals surface area contributed by atoms with Crippen LogP contribution in [0.15, 0.2) is 78.9 Å². The van der Waals surface area contributed by atoms with Crippen molar-refractivity contribution in [1.29, 1.82) is 5.26 Å². The number of carbonyl (C=O) groups excluding carboxylic acids is 2. The van der Waals surface area contributed by atoms with Crippen molar-refractivity contribution in [1.82, 2.24) is 4.90 Å². The molecule has 2 saturated heterocycles. The predicted molar refractivity (Wildman–Crippen MR) is 156 cm³/mol. The molecule has 2 aliphatic rings. The molecular weight excluding hydrogens is 502 g/mol. The number of ether oxygens (including phenoxy) is 1. The van der Waals surface area contributed by atoms with Crippen LogP contribution in [0.3, 0.4) is 0 Å². The molecule has 3 unspecified atom stereocenters. The number of nitrogen functional groups attached to an aromatic ring is 1. The third-order valence-corrected chi connectivity index (χ3v) is 7.53. The quantitative estimate of drug-likeness (QED) is 0.254. The number of anilines is 3. The van der Waals surface area contributed by atoms with Crippen molar-refractivity contribution in [3.63, 3.8) is 0 Å². The number of nitrogens with one attached hydrogen (secondary N) is 2. The molecule has 0 aliphatic carbocycles. The molecule has 2 heterocycles. The second kappa shape index (κ2) is 12.6. The van der Waals surface area contributed by atoms with Crippen LogP contribution in [0.4, 0.5) is 17.1 Å². The maximum absolute atomic E-state index is 13.4. The highest BCUT2D eigenvalue weighted by Crippen LogP contribution is 2.30. The third-order valence-electron chi connectivity index (χ3n) is 7.53. The topological polar surface area (TPSA) is 120 Å². The zero-order chi connectivity index (χ0) is 27.9. The molecule has 0 spiro atoms. The number of rotatable bonds is 10. The van der Waals surface area contributed by atoms with Crippen LogP contribution in [0.1, 0.15) is 41.9 Å². The maximum atomic E-state index is 13.4. The predicted octanol–water partition coefficient (Wildman–Crippen LogP) is 4.77. The highest BCUT2D eigenvalue weighted by molar-refractivity contribution is 6.03. The summed E-state index contributed by atoms with van der Waals surface area (Å²) in [5, 5.41) is 14.9. The Morgan fingerprint density at radius 1 is 1.07 bits per heavy atom. The van der Waals surface area contributed by atoms with E-state index in [1.54, 1.807) is 42.5 Å². The number of hydrogen-bond acceptors (Lipinski definition) is 6. The second-order valence-electron chi connectivity index (χ2n) is 10.3. The van der Waals surface area contributed by atoms with Crippen molar-refractivity contribution in [3.8, 4) is 6.07 Å². The van der Waals surface area contributed by atoms with Gasteiger partial charge in [0, 0.05) is 24.4 Å². The molecule has 5 rings (SSSR count). The Morgan fingerprint density at radius 2 is 1.85 bits per heavy atom. The average Bonchev–Trinajstić information content (AvgIpc) is 3.60. The van der Waals surface area contributed by atoms with Crippen molar-refractivity contribution in [3.05, 3.63) is 95.6 Å². The van der Waals surface area contributed by atoms with Crippen LogP contribution in [-0.2, 0) is 14.3 Å². The summed E-state index contributed by atoms with van der Waals surface area (Å²) in [6, 6.07) is 24.3.